The number of aliphatic hydroxyl groups excluding tert-OH is 2. The summed E-state index contributed by atoms with van der Waals surface area (Å²) in [6, 6.07) is 4.78. The van der Waals surface area contributed by atoms with Crippen LogP contribution >= 0.6 is 23.2 Å². The Labute approximate surface area is 208 Å². The number of aromatic hydroxyl groups is 1. The maximum absolute atomic E-state index is 10.2. The Hall–Kier alpha value is -1.12. The molecule has 33 heavy (non-hydrogen) atoms. The van der Waals surface area contributed by atoms with Gasteiger partial charge in [-0.1, -0.05) is 55.1 Å². The molecule has 1 aromatic carbocycles. The van der Waals surface area contributed by atoms with Crippen LogP contribution in [-0.2, 0) is 16.1 Å². The monoisotopic (exact) mass is 503 g/mol. The van der Waals surface area contributed by atoms with Crippen molar-refractivity contribution in [2.75, 3.05) is 39.5 Å². The number of benzene rings is 1. The van der Waals surface area contributed by atoms with Crippen LogP contribution in [0.3, 0.4) is 0 Å². The smallest absolute Gasteiger partial charge is 0.121 e. The van der Waals surface area contributed by atoms with E-state index in [-0.39, 0.29) is 12.4 Å². The number of hydrogen-bond acceptors (Lipinski definition) is 6. The van der Waals surface area contributed by atoms with Crippen LogP contribution in [0.25, 0.3) is 0 Å². The fourth-order valence-corrected chi connectivity index (χ4v) is 3.69. The van der Waals surface area contributed by atoms with Gasteiger partial charge in [0.05, 0.1) is 32.5 Å². The van der Waals surface area contributed by atoms with Crippen LogP contribution in [0.4, 0.5) is 0 Å². The maximum Gasteiger partial charge on any atom is 0.121 e. The second-order valence-corrected chi connectivity index (χ2v) is 8.79. The summed E-state index contributed by atoms with van der Waals surface area (Å²) in [6.45, 7) is 6.95. The minimum atomic E-state index is -0.676. The van der Waals surface area contributed by atoms with Crippen LogP contribution in [0.2, 0.25) is 0 Å². The standard InChI is InChI=1S/C25H39Cl2NO5/c1-3-8-23(27)22(19(2)26)18-33-14-13-32-12-7-5-4-6-11-28-16-25(31)20-9-10-24(30)21(15-20)17-29/h8-10,15,25,28-31H,3-7,11-14,16-18H2,1-2H3/b22-19+,23-8+. The highest BCUT2D eigenvalue weighted by Crippen LogP contribution is 2.23. The summed E-state index contributed by atoms with van der Waals surface area (Å²) in [6.07, 6.45) is 6.28. The lowest BCUT2D eigenvalue weighted by atomic mass is 10.1. The van der Waals surface area contributed by atoms with E-state index in [9.17, 15) is 15.3 Å². The van der Waals surface area contributed by atoms with Crippen molar-refractivity contribution >= 4 is 23.2 Å². The Morgan fingerprint density at radius 3 is 2.52 bits per heavy atom. The quantitative estimate of drug-likeness (QED) is 0.163. The molecular weight excluding hydrogens is 465 g/mol. The number of phenols is 1. The Morgan fingerprint density at radius 2 is 1.82 bits per heavy atom. The first-order valence-electron chi connectivity index (χ1n) is 11.6. The number of hydrogen-bond donors (Lipinski definition) is 4. The Kier molecular flexibility index (Phi) is 16.5. The van der Waals surface area contributed by atoms with E-state index < -0.39 is 6.10 Å². The summed E-state index contributed by atoms with van der Waals surface area (Å²) in [5.41, 5.74) is 1.91. The predicted molar refractivity (Wildman–Crippen MR) is 135 cm³/mol. The van der Waals surface area contributed by atoms with Gasteiger partial charge in [0.15, 0.2) is 0 Å². The Balaban J connectivity index is 2.01. The van der Waals surface area contributed by atoms with Crippen molar-refractivity contribution < 1.29 is 24.8 Å². The van der Waals surface area contributed by atoms with Gasteiger partial charge in [0.1, 0.15) is 5.75 Å². The van der Waals surface area contributed by atoms with E-state index in [4.69, 9.17) is 32.7 Å². The molecule has 0 heterocycles. The van der Waals surface area contributed by atoms with Gasteiger partial charge in [-0.05, 0) is 50.4 Å². The van der Waals surface area contributed by atoms with E-state index in [1.54, 1.807) is 12.1 Å². The summed E-state index contributed by atoms with van der Waals surface area (Å²) >= 11 is 12.3. The van der Waals surface area contributed by atoms with Gasteiger partial charge >= 0.3 is 0 Å². The Morgan fingerprint density at radius 1 is 1.09 bits per heavy atom. The topological polar surface area (TPSA) is 91.2 Å². The zero-order valence-corrected chi connectivity index (χ0v) is 21.3. The van der Waals surface area contributed by atoms with E-state index in [1.165, 1.54) is 6.07 Å². The van der Waals surface area contributed by atoms with E-state index in [0.717, 1.165) is 44.2 Å². The molecule has 8 heteroatoms. The number of aliphatic hydroxyl groups is 2. The average molecular weight is 504 g/mol. The zero-order valence-electron chi connectivity index (χ0n) is 19.8. The second-order valence-electron chi connectivity index (χ2n) is 7.82. The summed E-state index contributed by atoms with van der Waals surface area (Å²) in [5, 5.41) is 33.6. The second kappa shape index (κ2) is 18.2. The number of allylic oxidation sites excluding steroid dienone is 2. The first kappa shape index (κ1) is 29.9. The molecular formula is C25H39Cl2NO5. The van der Waals surface area contributed by atoms with Crippen molar-refractivity contribution in [1.29, 1.82) is 0 Å². The minimum absolute atomic E-state index is 0.0374. The molecule has 1 atom stereocenters. The van der Waals surface area contributed by atoms with Crippen LogP contribution in [0.5, 0.6) is 5.75 Å². The number of nitrogens with one attached hydrogen (secondary N) is 1. The van der Waals surface area contributed by atoms with Crippen molar-refractivity contribution in [3.05, 3.63) is 51.0 Å². The zero-order chi connectivity index (χ0) is 24.5. The number of ether oxygens (including phenoxy) is 2. The maximum atomic E-state index is 10.2. The molecule has 0 aliphatic carbocycles. The number of unbranched alkanes of at least 4 members (excludes halogenated alkanes) is 3. The van der Waals surface area contributed by atoms with E-state index in [0.29, 0.717) is 54.2 Å². The van der Waals surface area contributed by atoms with Crippen molar-refractivity contribution in [2.45, 2.75) is 58.7 Å². The third-order valence-corrected chi connectivity index (χ3v) is 5.71. The lowest BCUT2D eigenvalue weighted by molar-refractivity contribution is 0.0550. The molecule has 0 saturated heterocycles. The third-order valence-electron chi connectivity index (χ3n) is 5.09. The molecule has 0 aliphatic heterocycles. The molecule has 6 nitrogen and oxygen atoms in total. The van der Waals surface area contributed by atoms with E-state index in [2.05, 4.69) is 5.32 Å². The van der Waals surface area contributed by atoms with Gasteiger partial charge in [-0.25, -0.2) is 0 Å². The highest BCUT2D eigenvalue weighted by Gasteiger charge is 2.10. The highest BCUT2D eigenvalue weighted by atomic mass is 35.5. The molecule has 1 unspecified atom stereocenters. The van der Waals surface area contributed by atoms with Gasteiger partial charge in [-0.3, -0.25) is 0 Å². The van der Waals surface area contributed by atoms with Crippen molar-refractivity contribution in [3.63, 3.8) is 0 Å². The average Bonchev–Trinajstić information content (AvgIpc) is 2.79. The van der Waals surface area contributed by atoms with Crippen LogP contribution in [0.15, 0.2) is 39.9 Å². The summed E-state index contributed by atoms with van der Waals surface area (Å²) in [5.74, 6) is 0.0374. The van der Waals surface area contributed by atoms with E-state index in [1.807, 2.05) is 19.9 Å². The SMILES string of the molecule is CC/C=C(Cl)\C(COCCOCCCCCCNCC(O)c1ccc(O)c(CO)c1)=C(/C)Cl. The van der Waals surface area contributed by atoms with Crippen molar-refractivity contribution in [2.24, 2.45) is 0 Å². The van der Waals surface area contributed by atoms with Crippen LogP contribution < -0.4 is 5.32 Å². The lowest BCUT2D eigenvalue weighted by Gasteiger charge is -2.14. The summed E-state index contributed by atoms with van der Waals surface area (Å²) in [4.78, 5) is 0. The summed E-state index contributed by atoms with van der Waals surface area (Å²) < 4.78 is 11.2. The van der Waals surface area contributed by atoms with E-state index >= 15 is 0 Å². The molecule has 0 fully saturated rings. The normalized spacial score (nSPS) is 13.8. The summed E-state index contributed by atoms with van der Waals surface area (Å²) in [7, 11) is 0. The number of halogens is 2. The Bertz CT molecular complexity index is 736. The third kappa shape index (κ3) is 12.8. The van der Waals surface area contributed by atoms with Crippen LogP contribution in [0, 0.1) is 0 Å². The fraction of sp³-hybridized carbons (Fsp3) is 0.600. The predicted octanol–water partition coefficient (Wildman–Crippen LogP) is 5.15. The molecule has 0 radical (unpaired) electrons. The van der Waals surface area contributed by atoms with Gasteiger partial charge in [-0.2, -0.15) is 0 Å². The molecule has 1 aromatic rings. The van der Waals surface area contributed by atoms with Gasteiger partial charge in [0, 0.05) is 34.4 Å². The molecule has 0 spiro atoms. The molecule has 0 saturated carbocycles. The van der Waals surface area contributed by atoms with Crippen LogP contribution in [0.1, 0.15) is 63.2 Å². The molecule has 0 amide bonds. The number of rotatable bonds is 18. The highest BCUT2D eigenvalue weighted by molar-refractivity contribution is 6.35. The first-order valence-corrected chi connectivity index (χ1v) is 12.3. The lowest BCUT2D eigenvalue weighted by Crippen LogP contribution is -2.22. The van der Waals surface area contributed by atoms with Gasteiger partial charge in [0.25, 0.3) is 0 Å². The molecule has 4 N–H and O–H groups in total. The fourth-order valence-electron chi connectivity index (χ4n) is 3.13. The van der Waals surface area contributed by atoms with Crippen molar-refractivity contribution in [1.82, 2.24) is 5.32 Å². The van der Waals surface area contributed by atoms with Crippen LogP contribution in [-0.4, -0.2) is 54.8 Å². The largest absolute Gasteiger partial charge is 0.508 e. The minimum Gasteiger partial charge on any atom is -0.508 e. The molecule has 0 bridgehead atoms. The van der Waals surface area contributed by atoms with Gasteiger partial charge in [-0.15, -0.1) is 0 Å². The molecule has 1 rings (SSSR count). The van der Waals surface area contributed by atoms with Gasteiger partial charge < -0.3 is 30.1 Å². The van der Waals surface area contributed by atoms with Gasteiger partial charge in [0.2, 0.25) is 0 Å². The molecule has 0 aromatic heterocycles. The first-order chi connectivity index (χ1) is 15.9. The molecule has 0 aliphatic rings. The van der Waals surface area contributed by atoms with Crippen molar-refractivity contribution in [3.8, 4) is 5.75 Å². The molecule has 188 valence electrons.